The van der Waals surface area contributed by atoms with Crippen molar-refractivity contribution in [2.24, 2.45) is 35.0 Å². The third-order valence-corrected chi connectivity index (χ3v) is 6.84. The van der Waals surface area contributed by atoms with Crippen LogP contribution in [0.3, 0.4) is 0 Å². The van der Waals surface area contributed by atoms with Crippen LogP contribution in [0.4, 0.5) is 0 Å². The summed E-state index contributed by atoms with van der Waals surface area (Å²) in [6.45, 7) is 4.52. The van der Waals surface area contributed by atoms with Gasteiger partial charge in [0.05, 0.1) is 5.60 Å². The van der Waals surface area contributed by atoms with Gasteiger partial charge < -0.3 is 5.11 Å². The zero-order valence-corrected chi connectivity index (χ0v) is 9.87. The highest BCUT2D eigenvalue weighted by atomic mass is 16.3. The maximum Gasteiger partial charge on any atom is 0.0715 e. The second kappa shape index (κ2) is 2.30. The molecule has 4 fully saturated rings. The first-order chi connectivity index (χ1) is 7.18. The Morgan fingerprint density at radius 2 is 2.07 bits per heavy atom. The fourth-order valence-corrected chi connectivity index (χ4v) is 6.72. The molecule has 84 valence electrons. The van der Waals surface area contributed by atoms with Crippen molar-refractivity contribution in [1.29, 1.82) is 0 Å². The Kier molecular flexibility index (Phi) is 1.38. The largest absolute Gasteiger partial charge is 0.389 e. The van der Waals surface area contributed by atoms with Crippen LogP contribution in [0.2, 0.25) is 0 Å². The summed E-state index contributed by atoms with van der Waals surface area (Å²) in [5.74, 6) is 4.27. The van der Waals surface area contributed by atoms with E-state index in [9.17, 15) is 5.11 Å². The van der Waals surface area contributed by atoms with E-state index in [1.807, 2.05) is 0 Å². The average molecular weight is 206 g/mol. The van der Waals surface area contributed by atoms with Gasteiger partial charge in [-0.15, -0.1) is 0 Å². The molecule has 0 aromatic heterocycles. The van der Waals surface area contributed by atoms with Crippen LogP contribution >= 0.6 is 0 Å². The van der Waals surface area contributed by atoms with Gasteiger partial charge in [-0.1, -0.05) is 20.3 Å². The quantitative estimate of drug-likeness (QED) is 0.736. The Bertz CT molecular complexity index is 325. The monoisotopic (exact) mass is 206 g/mol. The molecular weight excluding hydrogens is 184 g/mol. The maximum atomic E-state index is 10.8. The van der Waals surface area contributed by atoms with Gasteiger partial charge in [0.1, 0.15) is 0 Å². The second-order valence-corrected chi connectivity index (χ2v) is 6.71. The molecule has 0 saturated heterocycles. The van der Waals surface area contributed by atoms with Crippen molar-refractivity contribution in [1.82, 2.24) is 0 Å². The van der Waals surface area contributed by atoms with Crippen LogP contribution in [0.15, 0.2) is 0 Å². The average Bonchev–Trinajstić information content (AvgIpc) is 2.74. The summed E-state index contributed by atoms with van der Waals surface area (Å²) in [6.07, 6.45) is 6.64. The molecule has 0 aliphatic heterocycles. The summed E-state index contributed by atoms with van der Waals surface area (Å²) >= 11 is 0. The Balaban J connectivity index is 1.77. The molecule has 4 rings (SSSR count). The normalized spacial score (nSPS) is 68.6. The lowest BCUT2D eigenvalue weighted by molar-refractivity contribution is -0.356. The van der Waals surface area contributed by atoms with E-state index >= 15 is 0 Å². The van der Waals surface area contributed by atoms with E-state index in [-0.39, 0.29) is 5.60 Å². The first-order valence-corrected chi connectivity index (χ1v) is 6.90. The van der Waals surface area contributed by atoms with Crippen molar-refractivity contribution in [2.75, 3.05) is 0 Å². The minimum absolute atomic E-state index is 0.244. The van der Waals surface area contributed by atoms with E-state index in [1.54, 1.807) is 0 Å². The van der Waals surface area contributed by atoms with Crippen molar-refractivity contribution < 1.29 is 5.11 Å². The Morgan fingerprint density at radius 1 is 1.27 bits per heavy atom. The number of aliphatic hydroxyl groups is 1. The molecule has 4 aliphatic rings. The van der Waals surface area contributed by atoms with E-state index in [4.69, 9.17) is 0 Å². The molecule has 0 aromatic carbocycles. The van der Waals surface area contributed by atoms with Crippen molar-refractivity contribution in [3.05, 3.63) is 0 Å². The van der Waals surface area contributed by atoms with Gasteiger partial charge in [-0.05, 0) is 60.7 Å². The third kappa shape index (κ3) is 0.638. The van der Waals surface area contributed by atoms with Crippen LogP contribution in [0.25, 0.3) is 0 Å². The van der Waals surface area contributed by atoms with Gasteiger partial charge in [-0.3, -0.25) is 0 Å². The highest BCUT2D eigenvalue weighted by molar-refractivity contribution is 5.33. The smallest absolute Gasteiger partial charge is 0.0715 e. The molecule has 2 bridgehead atoms. The van der Waals surface area contributed by atoms with Gasteiger partial charge in [-0.2, -0.15) is 0 Å². The molecule has 4 aliphatic carbocycles. The van der Waals surface area contributed by atoms with Crippen LogP contribution in [0, 0.1) is 35.0 Å². The fourth-order valence-electron chi connectivity index (χ4n) is 6.72. The van der Waals surface area contributed by atoms with Crippen molar-refractivity contribution >= 4 is 0 Å². The summed E-state index contributed by atoms with van der Waals surface area (Å²) in [5.41, 5.74) is 0.419. The predicted molar refractivity (Wildman–Crippen MR) is 59.3 cm³/mol. The summed E-state index contributed by atoms with van der Waals surface area (Å²) in [6, 6.07) is 0. The lowest BCUT2D eigenvalue weighted by Crippen LogP contribution is -2.79. The summed E-state index contributed by atoms with van der Waals surface area (Å²) in [4.78, 5) is 0. The summed E-state index contributed by atoms with van der Waals surface area (Å²) in [5, 5.41) is 10.8. The summed E-state index contributed by atoms with van der Waals surface area (Å²) < 4.78 is 0. The Labute approximate surface area is 92.3 Å². The summed E-state index contributed by atoms with van der Waals surface area (Å²) in [7, 11) is 0. The van der Waals surface area contributed by atoms with Gasteiger partial charge >= 0.3 is 0 Å². The topological polar surface area (TPSA) is 20.2 Å². The molecule has 7 unspecified atom stereocenters. The van der Waals surface area contributed by atoms with E-state index in [0.29, 0.717) is 17.3 Å². The molecule has 1 heteroatoms. The minimum atomic E-state index is -0.244. The predicted octanol–water partition coefficient (Wildman–Crippen LogP) is 2.83. The van der Waals surface area contributed by atoms with Crippen LogP contribution in [0.1, 0.15) is 46.0 Å². The van der Waals surface area contributed by atoms with Crippen LogP contribution in [-0.4, -0.2) is 10.7 Å². The van der Waals surface area contributed by atoms with E-state index in [0.717, 1.165) is 24.2 Å². The number of hydrogen-bond donors (Lipinski definition) is 1. The Morgan fingerprint density at radius 3 is 2.73 bits per heavy atom. The molecule has 4 saturated carbocycles. The lowest BCUT2D eigenvalue weighted by Gasteiger charge is -2.78. The molecule has 1 N–H and O–H groups in total. The van der Waals surface area contributed by atoms with Crippen LogP contribution in [0.5, 0.6) is 0 Å². The fraction of sp³-hybridized carbons (Fsp3) is 1.00. The van der Waals surface area contributed by atoms with Crippen molar-refractivity contribution in [3.63, 3.8) is 0 Å². The highest BCUT2D eigenvalue weighted by Gasteiger charge is 2.85. The number of hydrogen-bond acceptors (Lipinski definition) is 1. The van der Waals surface area contributed by atoms with Gasteiger partial charge in [-0.25, -0.2) is 0 Å². The first-order valence-electron chi connectivity index (χ1n) is 6.90. The van der Waals surface area contributed by atoms with Crippen LogP contribution < -0.4 is 0 Å². The van der Waals surface area contributed by atoms with Crippen LogP contribution in [-0.2, 0) is 0 Å². The van der Waals surface area contributed by atoms with E-state index in [2.05, 4.69) is 13.8 Å². The number of fused-ring (bicyclic) bond motifs is 1. The van der Waals surface area contributed by atoms with Gasteiger partial charge in [0.2, 0.25) is 0 Å². The molecular formula is C14H22O. The van der Waals surface area contributed by atoms with E-state index < -0.39 is 0 Å². The van der Waals surface area contributed by atoms with E-state index in [1.165, 1.54) is 25.7 Å². The van der Waals surface area contributed by atoms with Crippen molar-refractivity contribution in [2.45, 2.75) is 51.6 Å². The minimum Gasteiger partial charge on any atom is -0.389 e. The zero-order valence-electron chi connectivity index (χ0n) is 9.87. The molecule has 0 amide bonds. The lowest BCUT2D eigenvalue weighted by atomic mass is 9.28. The molecule has 15 heavy (non-hydrogen) atoms. The molecule has 7 atom stereocenters. The SMILES string of the molecule is CCC1C2CC3CC4C(O)(CC)C1C24C3. The Hall–Kier alpha value is -0.0400. The molecule has 0 radical (unpaired) electrons. The van der Waals surface area contributed by atoms with Gasteiger partial charge in [0, 0.05) is 0 Å². The molecule has 0 aromatic rings. The standard InChI is InChI=1S/C14H22O/c1-3-9-10-5-8-6-11-13(10,7-8)12(9)14(11,15)4-2/h8-12,15H,3-7H2,1-2H3. The van der Waals surface area contributed by atoms with Gasteiger partial charge in [0.15, 0.2) is 0 Å². The maximum absolute atomic E-state index is 10.8. The number of rotatable bonds is 2. The first kappa shape index (κ1) is 9.04. The molecule has 1 nitrogen and oxygen atoms in total. The zero-order chi connectivity index (χ0) is 10.4. The third-order valence-electron chi connectivity index (χ3n) is 6.84. The van der Waals surface area contributed by atoms with Gasteiger partial charge in [0.25, 0.3) is 0 Å². The van der Waals surface area contributed by atoms with Crippen molar-refractivity contribution in [3.8, 4) is 0 Å². The molecule has 0 heterocycles. The second-order valence-electron chi connectivity index (χ2n) is 6.71. The molecule has 1 spiro atoms. The highest BCUT2D eigenvalue weighted by Crippen LogP contribution is 2.86.